The highest BCUT2D eigenvalue weighted by atomic mass is 16.5. The maximum absolute atomic E-state index is 12.8. The van der Waals surface area contributed by atoms with Crippen molar-refractivity contribution in [3.05, 3.63) is 47.7 Å². The molecule has 4 rings (SSSR count). The highest BCUT2D eigenvalue weighted by Crippen LogP contribution is 2.21. The first-order chi connectivity index (χ1) is 13.2. The quantitative estimate of drug-likeness (QED) is 0.821. The molecular weight excluding hydrogens is 344 g/mol. The van der Waals surface area contributed by atoms with Crippen LogP contribution in [0.5, 0.6) is 5.88 Å². The molecule has 0 unspecified atom stereocenters. The predicted octanol–water partition coefficient (Wildman–Crippen LogP) is 1.92. The van der Waals surface area contributed by atoms with E-state index in [-0.39, 0.29) is 12.0 Å². The van der Waals surface area contributed by atoms with E-state index in [4.69, 9.17) is 9.47 Å². The number of aryl methyl sites for hydroxylation is 1. The van der Waals surface area contributed by atoms with Crippen LogP contribution >= 0.6 is 0 Å². The van der Waals surface area contributed by atoms with E-state index in [0.29, 0.717) is 24.5 Å². The SMILES string of the molecule is Cc1ccc(O[C@H]2CCN(C(=O)c3ccc(N4CCOCC4)cc3)C2)nn1. The van der Waals surface area contributed by atoms with Gasteiger partial charge in [0.25, 0.3) is 5.91 Å². The average molecular weight is 368 g/mol. The van der Waals surface area contributed by atoms with Crippen LogP contribution in [0.2, 0.25) is 0 Å². The van der Waals surface area contributed by atoms with E-state index in [1.165, 1.54) is 0 Å². The average Bonchev–Trinajstić information content (AvgIpc) is 3.18. The lowest BCUT2D eigenvalue weighted by Crippen LogP contribution is -2.36. The number of likely N-dealkylation sites (tertiary alicyclic amines) is 1. The summed E-state index contributed by atoms with van der Waals surface area (Å²) in [5, 5.41) is 8.04. The fourth-order valence-electron chi connectivity index (χ4n) is 3.45. The van der Waals surface area contributed by atoms with Crippen molar-refractivity contribution in [1.82, 2.24) is 15.1 Å². The Labute approximate surface area is 158 Å². The minimum Gasteiger partial charge on any atom is -0.471 e. The van der Waals surface area contributed by atoms with Crippen LogP contribution in [-0.2, 0) is 4.74 Å². The zero-order chi connectivity index (χ0) is 18.6. The van der Waals surface area contributed by atoms with E-state index in [0.717, 1.165) is 44.1 Å². The van der Waals surface area contributed by atoms with Gasteiger partial charge in [0.2, 0.25) is 5.88 Å². The van der Waals surface area contributed by atoms with Crippen molar-refractivity contribution in [2.24, 2.45) is 0 Å². The molecule has 2 fully saturated rings. The molecule has 0 saturated carbocycles. The molecular formula is C20H24N4O3. The molecule has 7 heteroatoms. The van der Waals surface area contributed by atoms with Gasteiger partial charge in [-0.1, -0.05) is 0 Å². The Morgan fingerprint density at radius 1 is 1.07 bits per heavy atom. The minimum atomic E-state index is -0.0430. The molecule has 142 valence electrons. The maximum atomic E-state index is 12.8. The monoisotopic (exact) mass is 368 g/mol. The number of hydrogen-bond acceptors (Lipinski definition) is 6. The number of carbonyl (C=O) groups excluding carboxylic acids is 1. The van der Waals surface area contributed by atoms with E-state index in [9.17, 15) is 4.79 Å². The van der Waals surface area contributed by atoms with Gasteiger partial charge in [0, 0.05) is 43.4 Å². The Morgan fingerprint density at radius 2 is 1.85 bits per heavy atom. The Kier molecular flexibility index (Phi) is 5.20. The van der Waals surface area contributed by atoms with Crippen LogP contribution in [0.25, 0.3) is 0 Å². The molecule has 0 aliphatic carbocycles. The first kappa shape index (κ1) is 17.7. The lowest BCUT2D eigenvalue weighted by Gasteiger charge is -2.29. The molecule has 0 N–H and O–H groups in total. The summed E-state index contributed by atoms with van der Waals surface area (Å²) in [5.74, 6) is 0.555. The summed E-state index contributed by atoms with van der Waals surface area (Å²) < 4.78 is 11.2. The van der Waals surface area contributed by atoms with E-state index < -0.39 is 0 Å². The van der Waals surface area contributed by atoms with Crippen molar-refractivity contribution in [1.29, 1.82) is 0 Å². The largest absolute Gasteiger partial charge is 0.471 e. The van der Waals surface area contributed by atoms with Gasteiger partial charge in [0.1, 0.15) is 6.10 Å². The number of aromatic nitrogens is 2. The molecule has 1 amide bonds. The second-order valence-corrected chi connectivity index (χ2v) is 6.94. The van der Waals surface area contributed by atoms with E-state index in [2.05, 4.69) is 15.1 Å². The third-order valence-corrected chi connectivity index (χ3v) is 4.98. The lowest BCUT2D eigenvalue weighted by atomic mass is 10.1. The van der Waals surface area contributed by atoms with Crippen molar-refractivity contribution in [2.45, 2.75) is 19.4 Å². The number of benzene rings is 1. The number of hydrogen-bond donors (Lipinski definition) is 0. The smallest absolute Gasteiger partial charge is 0.253 e. The molecule has 2 aromatic rings. The number of anilines is 1. The van der Waals surface area contributed by atoms with Crippen LogP contribution in [0.1, 0.15) is 22.5 Å². The van der Waals surface area contributed by atoms with Gasteiger partial charge in [-0.05, 0) is 37.3 Å². The Hall–Kier alpha value is -2.67. The molecule has 0 bridgehead atoms. The van der Waals surface area contributed by atoms with Gasteiger partial charge in [-0.3, -0.25) is 4.79 Å². The fourth-order valence-corrected chi connectivity index (χ4v) is 3.45. The third kappa shape index (κ3) is 4.19. The number of ether oxygens (including phenoxy) is 2. The molecule has 0 spiro atoms. The summed E-state index contributed by atoms with van der Waals surface area (Å²) >= 11 is 0. The number of amides is 1. The third-order valence-electron chi connectivity index (χ3n) is 4.98. The van der Waals surface area contributed by atoms with Gasteiger partial charge >= 0.3 is 0 Å². The summed E-state index contributed by atoms with van der Waals surface area (Å²) in [6, 6.07) is 11.5. The highest BCUT2D eigenvalue weighted by Gasteiger charge is 2.28. The van der Waals surface area contributed by atoms with Crippen molar-refractivity contribution < 1.29 is 14.3 Å². The molecule has 1 aromatic carbocycles. The Balaban J connectivity index is 1.34. The van der Waals surface area contributed by atoms with Crippen LogP contribution in [0.4, 0.5) is 5.69 Å². The first-order valence-electron chi connectivity index (χ1n) is 9.38. The normalized spacial score (nSPS) is 20.0. The standard InChI is InChI=1S/C20H24N4O3/c1-15-2-7-19(22-21-15)27-18-8-9-24(14-18)20(25)16-3-5-17(6-4-16)23-10-12-26-13-11-23/h2-7,18H,8-14H2,1H3/t18-/m0/s1. The van der Waals surface area contributed by atoms with E-state index >= 15 is 0 Å². The lowest BCUT2D eigenvalue weighted by molar-refractivity contribution is 0.0771. The zero-order valence-electron chi connectivity index (χ0n) is 15.5. The number of morpholine rings is 1. The maximum Gasteiger partial charge on any atom is 0.253 e. The highest BCUT2D eigenvalue weighted by molar-refractivity contribution is 5.94. The summed E-state index contributed by atoms with van der Waals surface area (Å²) in [6.07, 6.45) is 0.756. The van der Waals surface area contributed by atoms with Gasteiger partial charge in [0.15, 0.2) is 0 Å². The molecule has 3 heterocycles. The molecule has 1 aromatic heterocycles. The molecule has 2 aliphatic heterocycles. The van der Waals surface area contributed by atoms with Gasteiger partial charge < -0.3 is 19.3 Å². The molecule has 1 atom stereocenters. The Morgan fingerprint density at radius 3 is 2.56 bits per heavy atom. The van der Waals surface area contributed by atoms with Gasteiger partial charge in [-0.2, -0.15) is 5.10 Å². The predicted molar refractivity (Wildman–Crippen MR) is 101 cm³/mol. The second kappa shape index (κ2) is 7.92. The van der Waals surface area contributed by atoms with Crippen molar-refractivity contribution in [2.75, 3.05) is 44.3 Å². The van der Waals surface area contributed by atoms with Crippen LogP contribution < -0.4 is 9.64 Å². The van der Waals surface area contributed by atoms with Crippen molar-refractivity contribution >= 4 is 11.6 Å². The summed E-state index contributed by atoms with van der Waals surface area (Å²) in [6.45, 7) is 6.42. The summed E-state index contributed by atoms with van der Waals surface area (Å²) in [7, 11) is 0. The van der Waals surface area contributed by atoms with Crippen molar-refractivity contribution in [3.8, 4) is 5.88 Å². The van der Waals surface area contributed by atoms with Crippen molar-refractivity contribution in [3.63, 3.8) is 0 Å². The molecule has 2 aliphatic rings. The second-order valence-electron chi connectivity index (χ2n) is 6.94. The minimum absolute atomic E-state index is 0.0430. The van der Waals surface area contributed by atoms with Gasteiger partial charge in [0.05, 0.1) is 25.5 Å². The molecule has 0 radical (unpaired) electrons. The van der Waals surface area contributed by atoms with Crippen LogP contribution in [-0.4, -0.2) is 66.5 Å². The molecule has 7 nitrogen and oxygen atoms in total. The van der Waals surface area contributed by atoms with E-state index in [1.807, 2.05) is 48.2 Å². The molecule has 2 saturated heterocycles. The van der Waals surface area contributed by atoms with Crippen LogP contribution in [0.3, 0.4) is 0 Å². The Bertz CT molecular complexity index is 773. The van der Waals surface area contributed by atoms with Gasteiger partial charge in [-0.25, -0.2) is 0 Å². The fraction of sp³-hybridized carbons (Fsp3) is 0.450. The number of carbonyl (C=O) groups is 1. The zero-order valence-corrected chi connectivity index (χ0v) is 15.5. The topological polar surface area (TPSA) is 67.8 Å². The summed E-state index contributed by atoms with van der Waals surface area (Å²) in [4.78, 5) is 16.9. The molecule has 27 heavy (non-hydrogen) atoms. The first-order valence-corrected chi connectivity index (χ1v) is 9.38. The van der Waals surface area contributed by atoms with Gasteiger partial charge in [-0.15, -0.1) is 5.10 Å². The number of nitrogens with zero attached hydrogens (tertiary/aromatic N) is 4. The van der Waals surface area contributed by atoms with Crippen LogP contribution in [0.15, 0.2) is 36.4 Å². The van der Waals surface area contributed by atoms with E-state index in [1.54, 1.807) is 0 Å². The number of rotatable bonds is 4. The van der Waals surface area contributed by atoms with Crippen LogP contribution in [0, 0.1) is 6.92 Å². The summed E-state index contributed by atoms with van der Waals surface area (Å²) in [5.41, 5.74) is 2.70.